The molecule has 3 nitrogen and oxygen atoms in total. The SMILES string of the molecule is C=C1CCC2C(CN)C(C3(C)CCC(O)CC3O)CCC12C. The molecular formula is C19H33NO2. The summed E-state index contributed by atoms with van der Waals surface area (Å²) in [6, 6.07) is 0. The van der Waals surface area contributed by atoms with Crippen LogP contribution in [0.25, 0.3) is 0 Å². The minimum absolute atomic E-state index is 0.0888. The molecule has 3 aliphatic rings. The molecule has 0 bridgehead atoms. The van der Waals surface area contributed by atoms with Gasteiger partial charge in [0.2, 0.25) is 0 Å². The van der Waals surface area contributed by atoms with Gasteiger partial charge in [-0.3, -0.25) is 0 Å². The van der Waals surface area contributed by atoms with Crippen molar-refractivity contribution in [1.29, 1.82) is 0 Å². The van der Waals surface area contributed by atoms with E-state index < -0.39 is 6.10 Å². The zero-order chi connectivity index (χ0) is 16.1. The van der Waals surface area contributed by atoms with Gasteiger partial charge in [0.15, 0.2) is 0 Å². The highest BCUT2D eigenvalue weighted by Crippen LogP contribution is 2.62. The quantitative estimate of drug-likeness (QED) is 0.687. The molecule has 0 spiro atoms. The van der Waals surface area contributed by atoms with Crippen LogP contribution in [0.5, 0.6) is 0 Å². The summed E-state index contributed by atoms with van der Waals surface area (Å²) in [5.74, 6) is 1.58. The second-order valence-electron chi connectivity index (χ2n) is 8.66. The minimum Gasteiger partial charge on any atom is -0.393 e. The fraction of sp³-hybridized carbons (Fsp3) is 0.895. The number of aliphatic hydroxyl groups is 2. The molecule has 0 aromatic carbocycles. The number of fused-ring (bicyclic) bond motifs is 1. The van der Waals surface area contributed by atoms with Gasteiger partial charge in [-0.05, 0) is 80.1 Å². The summed E-state index contributed by atoms with van der Waals surface area (Å²) in [5, 5.41) is 20.6. The van der Waals surface area contributed by atoms with E-state index in [9.17, 15) is 10.2 Å². The van der Waals surface area contributed by atoms with E-state index in [-0.39, 0.29) is 16.9 Å². The predicted octanol–water partition coefficient (Wildman–Crippen LogP) is 2.86. The maximum atomic E-state index is 10.7. The van der Waals surface area contributed by atoms with Crippen LogP contribution in [0.3, 0.4) is 0 Å². The van der Waals surface area contributed by atoms with Gasteiger partial charge in [-0.1, -0.05) is 26.0 Å². The largest absolute Gasteiger partial charge is 0.393 e. The van der Waals surface area contributed by atoms with Gasteiger partial charge in [0.05, 0.1) is 12.2 Å². The zero-order valence-corrected chi connectivity index (χ0v) is 14.2. The van der Waals surface area contributed by atoms with E-state index in [0.717, 1.165) is 25.7 Å². The van der Waals surface area contributed by atoms with Gasteiger partial charge in [-0.2, -0.15) is 0 Å². The van der Waals surface area contributed by atoms with Crippen molar-refractivity contribution in [2.45, 2.75) is 71.0 Å². The predicted molar refractivity (Wildman–Crippen MR) is 89.2 cm³/mol. The molecule has 3 rings (SSSR count). The molecule has 0 aromatic heterocycles. The topological polar surface area (TPSA) is 66.5 Å². The maximum absolute atomic E-state index is 10.7. The Hall–Kier alpha value is -0.380. The average Bonchev–Trinajstić information content (AvgIpc) is 2.78. The first-order valence-electron chi connectivity index (χ1n) is 9.07. The van der Waals surface area contributed by atoms with E-state index in [1.165, 1.54) is 18.4 Å². The lowest BCUT2D eigenvalue weighted by atomic mass is 9.51. The van der Waals surface area contributed by atoms with Gasteiger partial charge in [0, 0.05) is 0 Å². The molecule has 0 radical (unpaired) electrons. The lowest BCUT2D eigenvalue weighted by Gasteiger charge is -2.55. The molecule has 7 atom stereocenters. The summed E-state index contributed by atoms with van der Waals surface area (Å²) in [6.07, 6.45) is 6.20. The Balaban J connectivity index is 1.87. The van der Waals surface area contributed by atoms with Crippen molar-refractivity contribution < 1.29 is 10.2 Å². The smallest absolute Gasteiger partial charge is 0.0621 e. The number of rotatable bonds is 2. The number of hydrogen-bond acceptors (Lipinski definition) is 3. The molecule has 0 aliphatic heterocycles. The molecule has 3 saturated carbocycles. The molecule has 22 heavy (non-hydrogen) atoms. The van der Waals surface area contributed by atoms with Gasteiger partial charge in [-0.15, -0.1) is 0 Å². The number of hydrogen-bond donors (Lipinski definition) is 3. The molecular weight excluding hydrogens is 274 g/mol. The molecule has 3 aliphatic carbocycles. The summed E-state index contributed by atoms with van der Waals surface area (Å²) >= 11 is 0. The molecule has 0 aromatic rings. The first kappa shape index (κ1) is 16.5. The van der Waals surface area contributed by atoms with Crippen molar-refractivity contribution in [3.63, 3.8) is 0 Å². The van der Waals surface area contributed by atoms with Crippen molar-refractivity contribution in [3.05, 3.63) is 12.2 Å². The molecule has 3 fully saturated rings. The number of nitrogens with two attached hydrogens (primary N) is 1. The lowest BCUT2D eigenvalue weighted by molar-refractivity contribution is -0.117. The Morgan fingerprint density at radius 3 is 2.50 bits per heavy atom. The summed E-state index contributed by atoms with van der Waals surface area (Å²) in [4.78, 5) is 0. The van der Waals surface area contributed by atoms with Gasteiger partial charge < -0.3 is 15.9 Å². The van der Waals surface area contributed by atoms with Gasteiger partial charge >= 0.3 is 0 Å². The fourth-order valence-corrected chi connectivity index (χ4v) is 6.06. The Morgan fingerprint density at radius 1 is 1.14 bits per heavy atom. The van der Waals surface area contributed by atoms with E-state index in [2.05, 4.69) is 20.4 Å². The van der Waals surface area contributed by atoms with Crippen molar-refractivity contribution in [3.8, 4) is 0 Å². The molecule has 0 heterocycles. The standard InChI is InChI=1S/C19H33NO2/c1-12-4-5-15-14(11-20)16(7-9-18(12,15)2)19(3)8-6-13(21)10-17(19)22/h13-17,21-22H,1,4-11,20H2,2-3H3. The van der Waals surface area contributed by atoms with E-state index in [1.54, 1.807) is 0 Å². The number of aliphatic hydroxyl groups excluding tert-OH is 2. The van der Waals surface area contributed by atoms with Crippen LogP contribution in [0.2, 0.25) is 0 Å². The number of allylic oxidation sites excluding steroid dienone is 1. The fourth-order valence-electron chi connectivity index (χ4n) is 6.06. The zero-order valence-electron chi connectivity index (χ0n) is 14.2. The third-order valence-electron chi connectivity index (χ3n) is 7.78. The first-order chi connectivity index (χ1) is 10.3. The molecule has 0 saturated heterocycles. The molecule has 3 heteroatoms. The van der Waals surface area contributed by atoms with E-state index >= 15 is 0 Å². The van der Waals surface area contributed by atoms with Gasteiger partial charge in [0.25, 0.3) is 0 Å². The minimum atomic E-state index is -0.399. The van der Waals surface area contributed by atoms with Crippen LogP contribution in [0.4, 0.5) is 0 Å². The highest BCUT2D eigenvalue weighted by molar-refractivity contribution is 5.20. The van der Waals surface area contributed by atoms with Crippen molar-refractivity contribution >= 4 is 0 Å². The van der Waals surface area contributed by atoms with Crippen molar-refractivity contribution in [2.75, 3.05) is 6.54 Å². The second kappa shape index (κ2) is 5.61. The van der Waals surface area contributed by atoms with Crippen LogP contribution in [-0.2, 0) is 0 Å². The highest BCUT2D eigenvalue weighted by atomic mass is 16.3. The van der Waals surface area contributed by atoms with Crippen molar-refractivity contribution in [1.82, 2.24) is 0 Å². The first-order valence-corrected chi connectivity index (χ1v) is 9.07. The molecule has 0 amide bonds. The van der Waals surface area contributed by atoms with Gasteiger partial charge in [-0.25, -0.2) is 0 Å². The van der Waals surface area contributed by atoms with Crippen LogP contribution in [-0.4, -0.2) is 29.0 Å². The van der Waals surface area contributed by atoms with Crippen molar-refractivity contribution in [2.24, 2.45) is 34.3 Å². The summed E-state index contributed by atoms with van der Waals surface area (Å²) in [5.41, 5.74) is 7.82. The summed E-state index contributed by atoms with van der Waals surface area (Å²) in [7, 11) is 0. The highest BCUT2D eigenvalue weighted by Gasteiger charge is 2.56. The van der Waals surface area contributed by atoms with E-state index in [1.807, 2.05) is 0 Å². The molecule has 4 N–H and O–H groups in total. The Kier molecular flexibility index (Phi) is 4.20. The van der Waals surface area contributed by atoms with Crippen LogP contribution in [0.15, 0.2) is 12.2 Å². The van der Waals surface area contributed by atoms with Crippen LogP contribution in [0.1, 0.15) is 58.8 Å². The molecule has 7 unspecified atom stereocenters. The monoisotopic (exact) mass is 307 g/mol. The Morgan fingerprint density at radius 2 is 1.86 bits per heavy atom. The van der Waals surface area contributed by atoms with Crippen LogP contribution < -0.4 is 5.73 Å². The van der Waals surface area contributed by atoms with E-state index in [0.29, 0.717) is 30.7 Å². The normalized spacial score (nSPS) is 52.6. The average molecular weight is 307 g/mol. The van der Waals surface area contributed by atoms with Crippen LogP contribution in [0, 0.1) is 28.6 Å². The summed E-state index contributed by atoms with van der Waals surface area (Å²) in [6.45, 7) is 9.67. The lowest BCUT2D eigenvalue weighted by Crippen LogP contribution is -2.53. The van der Waals surface area contributed by atoms with Crippen LogP contribution >= 0.6 is 0 Å². The second-order valence-corrected chi connectivity index (χ2v) is 8.66. The summed E-state index contributed by atoms with van der Waals surface area (Å²) < 4.78 is 0. The Bertz CT molecular complexity index is 451. The Labute approximate surface area is 135 Å². The van der Waals surface area contributed by atoms with E-state index in [4.69, 9.17) is 5.73 Å². The third kappa shape index (κ3) is 2.28. The third-order valence-corrected chi connectivity index (χ3v) is 7.78. The maximum Gasteiger partial charge on any atom is 0.0621 e. The molecule has 126 valence electrons. The van der Waals surface area contributed by atoms with Gasteiger partial charge in [0.1, 0.15) is 0 Å².